The topological polar surface area (TPSA) is 88.9 Å². The molecule has 144 valence electrons. The Bertz CT molecular complexity index is 1010. The lowest BCUT2D eigenvalue weighted by molar-refractivity contribution is -0.119. The van der Waals surface area contributed by atoms with Gasteiger partial charge in [-0.3, -0.25) is 9.59 Å². The van der Waals surface area contributed by atoms with Gasteiger partial charge in [-0.25, -0.2) is 18.4 Å². The Labute approximate surface area is 163 Å². The van der Waals surface area contributed by atoms with Crippen LogP contribution in [0.2, 0.25) is 5.02 Å². The van der Waals surface area contributed by atoms with E-state index >= 15 is 0 Å². The summed E-state index contributed by atoms with van der Waals surface area (Å²) in [5.74, 6) is -3.30. The quantitative estimate of drug-likeness (QED) is 0.634. The van der Waals surface area contributed by atoms with E-state index in [0.29, 0.717) is 11.4 Å². The first-order chi connectivity index (χ1) is 13.3. The number of hydrogen-bond acceptors (Lipinski definition) is 4. The lowest BCUT2D eigenvalue weighted by atomic mass is 10.2. The fourth-order valence-corrected chi connectivity index (χ4v) is 2.55. The molecule has 0 unspecified atom stereocenters. The van der Waals surface area contributed by atoms with Gasteiger partial charge in [0, 0.05) is 11.4 Å². The van der Waals surface area contributed by atoms with E-state index in [-0.39, 0.29) is 16.5 Å². The molecule has 1 aromatic heterocycles. The van der Waals surface area contributed by atoms with Crippen molar-refractivity contribution in [2.75, 3.05) is 10.6 Å². The van der Waals surface area contributed by atoms with E-state index < -0.39 is 23.6 Å². The third-order valence-corrected chi connectivity index (χ3v) is 4.19. The highest BCUT2D eigenvalue weighted by atomic mass is 35.5. The minimum Gasteiger partial charge on any atom is -0.324 e. The number of aromatic nitrogens is 3. The Morgan fingerprint density at radius 2 is 1.68 bits per heavy atom. The maximum atomic E-state index is 13.3. The summed E-state index contributed by atoms with van der Waals surface area (Å²) < 4.78 is 27.9. The number of carbonyl (C=O) groups excluding carboxylic acids is 2. The second-order valence-corrected chi connectivity index (χ2v) is 6.23. The van der Waals surface area contributed by atoms with E-state index in [4.69, 9.17) is 11.6 Å². The van der Waals surface area contributed by atoms with Crippen molar-refractivity contribution in [2.24, 2.45) is 0 Å². The molecule has 7 nitrogen and oxygen atoms in total. The van der Waals surface area contributed by atoms with Gasteiger partial charge in [0.05, 0.1) is 10.6 Å². The summed E-state index contributed by atoms with van der Waals surface area (Å²) in [6.45, 7) is 1.67. The predicted octanol–water partition coefficient (Wildman–Crippen LogP) is 3.66. The molecule has 0 bridgehead atoms. The zero-order chi connectivity index (χ0) is 20.3. The van der Waals surface area contributed by atoms with E-state index in [9.17, 15) is 18.4 Å². The van der Waals surface area contributed by atoms with E-state index in [0.717, 1.165) is 12.1 Å². The van der Waals surface area contributed by atoms with Crippen molar-refractivity contribution in [3.8, 4) is 0 Å². The Hall–Kier alpha value is -3.33. The summed E-state index contributed by atoms with van der Waals surface area (Å²) >= 11 is 5.79. The first-order valence-corrected chi connectivity index (χ1v) is 8.44. The molecule has 1 atom stereocenters. The monoisotopic (exact) mass is 405 g/mol. The molecule has 3 aromatic rings. The van der Waals surface area contributed by atoms with Crippen LogP contribution in [0.1, 0.15) is 23.3 Å². The highest BCUT2D eigenvalue weighted by Crippen LogP contribution is 2.22. The Balaban J connectivity index is 1.65. The predicted molar refractivity (Wildman–Crippen MR) is 99.1 cm³/mol. The van der Waals surface area contributed by atoms with Gasteiger partial charge in [0.15, 0.2) is 11.6 Å². The van der Waals surface area contributed by atoms with Crippen LogP contribution in [0.25, 0.3) is 0 Å². The van der Waals surface area contributed by atoms with E-state index in [1.165, 1.54) is 17.3 Å². The summed E-state index contributed by atoms with van der Waals surface area (Å²) in [5, 5.41) is 8.94. The third kappa shape index (κ3) is 4.32. The van der Waals surface area contributed by atoms with Gasteiger partial charge >= 0.3 is 0 Å². The maximum absolute atomic E-state index is 13.3. The molecular weight excluding hydrogens is 392 g/mol. The van der Waals surface area contributed by atoms with Gasteiger partial charge in [0.1, 0.15) is 18.7 Å². The summed E-state index contributed by atoms with van der Waals surface area (Å²) in [7, 11) is 0. The number of halogens is 3. The minimum atomic E-state index is -1.17. The second kappa shape index (κ2) is 8.13. The molecule has 2 amide bonds. The summed E-state index contributed by atoms with van der Waals surface area (Å²) in [6.07, 6.45) is 2.77. The van der Waals surface area contributed by atoms with Crippen LogP contribution in [0.15, 0.2) is 49.1 Å². The molecule has 0 spiro atoms. The highest BCUT2D eigenvalue weighted by Gasteiger charge is 2.17. The van der Waals surface area contributed by atoms with Gasteiger partial charge in [-0.05, 0) is 43.3 Å². The lowest BCUT2D eigenvalue weighted by Crippen LogP contribution is -2.24. The maximum Gasteiger partial charge on any atom is 0.257 e. The van der Waals surface area contributed by atoms with Crippen LogP contribution in [0.4, 0.5) is 20.2 Å². The molecule has 2 N–H and O–H groups in total. The molecule has 0 aliphatic heterocycles. The zero-order valence-corrected chi connectivity index (χ0v) is 15.2. The number of amides is 2. The SMILES string of the molecule is C[C@@H](C(=O)Nc1ccc(NC(=O)c2cc(F)c(F)cc2Cl)cc1)n1cncn1. The average Bonchev–Trinajstić information content (AvgIpc) is 3.20. The first-order valence-electron chi connectivity index (χ1n) is 8.06. The van der Waals surface area contributed by atoms with E-state index in [1.54, 1.807) is 31.2 Å². The molecule has 3 rings (SSSR count). The molecular formula is C18H14ClF2N5O2. The number of carbonyl (C=O) groups is 2. The van der Waals surface area contributed by atoms with Crippen molar-refractivity contribution in [2.45, 2.75) is 13.0 Å². The van der Waals surface area contributed by atoms with Crippen LogP contribution in [-0.2, 0) is 4.79 Å². The summed E-state index contributed by atoms with van der Waals surface area (Å²) in [4.78, 5) is 28.2. The smallest absolute Gasteiger partial charge is 0.257 e. The first kappa shape index (κ1) is 19.4. The van der Waals surface area contributed by atoms with Gasteiger partial charge in [-0.1, -0.05) is 11.6 Å². The fourth-order valence-electron chi connectivity index (χ4n) is 2.32. The standard InChI is InChI=1S/C18H14ClF2N5O2/c1-10(26-9-22-8-23-26)17(27)24-11-2-4-12(5-3-11)25-18(28)13-6-15(20)16(21)7-14(13)19/h2-10H,1H3,(H,24,27)(H,25,28)/t10-/m0/s1. The van der Waals surface area contributed by atoms with Crippen LogP contribution >= 0.6 is 11.6 Å². The Kier molecular flexibility index (Phi) is 5.65. The zero-order valence-electron chi connectivity index (χ0n) is 14.5. The molecule has 2 aromatic carbocycles. The summed E-state index contributed by atoms with van der Waals surface area (Å²) in [5.41, 5.74) is 0.688. The van der Waals surface area contributed by atoms with Crippen molar-refractivity contribution in [1.82, 2.24) is 14.8 Å². The van der Waals surface area contributed by atoms with Crippen molar-refractivity contribution >= 4 is 34.8 Å². The number of rotatable bonds is 5. The van der Waals surface area contributed by atoms with Crippen molar-refractivity contribution < 1.29 is 18.4 Å². The molecule has 0 saturated heterocycles. The fraction of sp³-hybridized carbons (Fsp3) is 0.111. The molecule has 0 fully saturated rings. The van der Waals surface area contributed by atoms with Crippen LogP contribution < -0.4 is 10.6 Å². The van der Waals surface area contributed by atoms with Crippen molar-refractivity contribution in [3.05, 3.63) is 71.3 Å². The van der Waals surface area contributed by atoms with Crippen LogP contribution in [0.3, 0.4) is 0 Å². The van der Waals surface area contributed by atoms with Crippen LogP contribution in [0.5, 0.6) is 0 Å². The van der Waals surface area contributed by atoms with Crippen LogP contribution in [-0.4, -0.2) is 26.6 Å². The van der Waals surface area contributed by atoms with Crippen LogP contribution in [0, 0.1) is 11.6 Å². The largest absolute Gasteiger partial charge is 0.324 e. The van der Waals surface area contributed by atoms with Gasteiger partial charge in [-0.15, -0.1) is 0 Å². The Morgan fingerprint density at radius 1 is 1.07 bits per heavy atom. The van der Waals surface area contributed by atoms with E-state index in [2.05, 4.69) is 20.7 Å². The second-order valence-electron chi connectivity index (χ2n) is 5.82. The minimum absolute atomic E-state index is 0.195. The number of anilines is 2. The van der Waals surface area contributed by atoms with E-state index in [1.807, 2.05) is 0 Å². The normalized spacial score (nSPS) is 11.7. The summed E-state index contributed by atoms with van der Waals surface area (Å²) in [6, 6.07) is 7.15. The Morgan fingerprint density at radius 3 is 2.29 bits per heavy atom. The van der Waals surface area contributed by atoms with Gasteiger partial charge < -0.3 is 10.6 Å². The number of nitrogens with zero attached hydrogens (tertiary/aromatic N) is 3. The van der Waals surface area contributed by atoms with Crippen molar-refractivity contribution in [3.63, 3.8) is 0 Å². The number of benzene rings is 2. The molecule has 28 heavy (non-hydrogen) atoms. The van der Waals surface area contributed by atoms with Gasteiger partial charge in [0.2, 0.25) is 5.91 Å². The molecule has 0 aliphatic rings. The molecule has 1 heterocycles. The lowest BCUT2D eigenvalue weighted by Gasteiger charge is -2.13. The number of hydrogen-bond donors (Lipinski definition) is 2. The highest BCUT2D eigenvalue weighted by molar-refractivity contribution is 6.34. The van der Waals surface area contributed by atoms with Gasteiger partial charge in [0.25, 0.3) is 5.91 Å². The molecule has 0 saturated carbocycles. The van der Waals surface area contributed by atoms with Gasteiger partial charge in [-0.2, -0.15) is 5.10 Å². The van der Waals surface area contributed by atoms with Crippen molar-refractivity contribution in [1.29, 1.82) is 0 Å². The molecule has 0 radical (unpaired) electrons. The third-order valence-electron chi connectivity index (χ3n) is 3.88. The average molecular weight is 406 g/mol. The number of nitrogens with one attached hydrogen (secondary N) is 2. The molecule has 10 heteroatoms. The molecule has 0 aliphatic carbocycles.